The van der Waals surface area contributed by atoms with Gasteiger partial charge in [0.05, 0.1) is 12.8 Å². The van der Waals surface area contributed by atoms with E-state index in [1.54, 1.807) is 42.5 Å². The number of hydrogen-bond donors (Lipinski definition) is 2. The lowest BCUT2D eigenvalue weighted by molar-refractivity contribution is -0.118. The molecule has 0 saturated heterocycles. The van der Waals surface area contributed by atoms with Crippen molar-refractivity contribution >= 4 is 29.1 Å². The number of anilines is 1. The van der Waals surface area contributed by atoms with Gasteiger partial charge in [0.25, 0.3) is 5.91 Å². The molecule has 0 spiro atoms. The van der Waals surface area contributed by atoms with Crippen LogP contribution in [0.15, 0.2) is 78.9 Å². The third kappa shape index (κ3) is 5.59. The molecule has 0 aliphatic heterocycles. The average molecular weight is 409 g/mol. The highest BCUT2D eigenvalue weighted by Crippen LogP contribution is 2.27. The van der Waals surface area contributed by atoms with E-state index in [1.807, 2.05) is 36.4 Å². The fourth-order valence-electron chi connectivity index (χ4n) is 2.89. The molecule has 5 nitrogen and oxygen atoms in total. The van der Waals surface area contributed by atoms with E-state index in [0.29, 0.717) is 28.4 Å². The van der Waals surface area contributed by atoms with Gasteiger partial charge < -0.3 is 15.4 Å². The number of methoxy groups -OCH3 is 1. The van der Waals surface area contributed by atoms with Crippen LogP contribution in [-0.2, 0) is 11.2 Å². The molecule has 0 heterocycles. The van der Waals surface area contributed by atoms with Crippen molar-refractivity contribution in [3.05, 3.63) is 95.0 Å². The van der Waals surface area contributed by atoms with Crippen molar-refractivity contribution in [2.45, 2.75) is 12.5 Å². The van der Waals surface area contributed by atoms with Crippen LogP contribution in [0.1, 0.15) is 15.9 Å². The summed E-state index contributed by atoms with van der Waals surface area (Å²) < 4.78 is 5.29. The van der Waals surface area contributed by atoms with Gasteiger partial charge in [0, 0.05) is 17.0 Å². The quantitative estimate of drug-likeness (QED) is 0.611. The first kappa shape index (κ1) is 20.4. The smallest absolute Gasteiger partial charge is 0.251 e. The molecule has 0 saturated carbocycles. The standard InChI is InChI=1S/C23H21ClN2O3/c1-29-21-13-12-18(24)15-19(21)25-23(28)20(14-16-8-4-2-5-9-16)26-22(27)17-10-6-3-7-11-17/h2-13,15,20H,14H2,1H3,(H,25,28)(H,26,27)/t20-/m0/s1. The van der Waals surface area contributed by atoms with Gasteiger partial charge >= 0.3 is 0 Å². The zero-order valence-electron chi connectivity index (χ0n) is 15.9. The Kier molecular flexibility index (Phi) is 6.87. The maximum atomic E-state index is 13.0. The summed E-state index contributed by atoms with van der Waals surface area (Å²) in [5, 5.41) is 6.11. The Hall–Kier alpha value is -3.31. The Morgan fingerprint density at radius 1 is 0.966 bits per heavy atom. The highest BCUT2D eigenvalue weighted by atomic mass is 35.5. The molecule has 2 amide bonds. The molecule has 1 atom stereocenters. The van der Waals surface area contributed by atoms with Gasteiger partial charge in [-0.1, -0.05) is 60.1 Å². The largest absolute Gasteiger partial charge is 0.495 e. The summed E-state index contributed by atoms with van der Waals surface area (Å²) in [5.41, 5.74) is 1.86. The lowest BCUT2D eigenvalue weighted by atomic mass is 10.0. The summed E-state index contributed by atoms with van der Waals surface area (Å²) in [5.74, 6) is -0.200. The van der Waals surface area contributed by atoms with E-state index in [1.165, 1.54) is 7.11 Å². The van der Waals surface area contributed by atoms with Crippen molar-refractivity contribution in [1.29, 1.82) is 0 Å². The first-order valence-electron chi connectivity index (χ1n) is 9.11. The van der Waals surface area contributed by atoms with Crippen molar-refractivity contribution in [3.8, 4) is 5.75 Å². The minimum atomic E-state index is -0.784. The van der Waals surface area contributed by atoms with E-state index >= 15 is 0 Å². The van der Waals surface area contributed by atoms with Gasteiger partial charge in [-0.25, -0.2) is 0 Å². The number of ether oxygens (including phenoxy) is 1. The van der Waals surface area contributed by atoms with Crippen LogP contribution in [-0.4, -0.2) is 25.0 Å². The van der Waals surface area contributed by atoms with Crippen LogP contribution in [0.4, 0.5) is 5.69 Å². The first-order chi connectivity index (χ1) is 14.1. The molecule has 0 unspecified atom stereocenters. The summed E-state index contributed by atoms with van der Waals surface area (Å²) in [7, 11) is 1.51. The molecule has 29 heavy (non-hydrogen) atoms. The van der Waals surface area contributed by atoms with Crippen LogP contribution in [0.3, 0.4) is 0 Å². The van der Waals surface area contributed by atoms with E-state index in [0.717, 1.165) is 5.56 Å². The Balaban J connectivity index is 1.83. The molecule has 3 rings (SSSR count). The fourth-order valence-corrected chi connectivity index (χ4v) is 3.06. The van der Waals surface area contributed by atoms with Gasteiger partial charge in [-0.3, -0.25) is 9.59 Å². The molecular formula is C23H21ClN2O3. The van der Waals surface area contributed by atoms with Gasteiger partial charge in [0.15, 0.2) is 0 Å². The topological polar surface area (TPSA) is 67.4 Å². The number of carbonyl (C=O) groups is 2. The predicted octanol–water partition coefficient (Wildman–Crippen LogP) is 4.33. The van der Waals surface area contributed by atoms with Crippen molar-refractivity contribution in [1.82, 2.24) is 5.32 Å². The third-order valence-corrected chi connectivity index (χ3v) is 4.59. The molecule has 3 aromatic rings. The second kappa shape index (κ2) is 9.75. The molecule has 0 aromatic heterocycles. The number of hydrogen-bond acceptors (Lipinski definition) is 3. The molecule has 0 aliphatic rings. The van der Waals surface area contributed by atoms with Crippen LogP contribution in [0, 0.1) is 0 Å². The second-order valence-electron chi connectivity index (χ2n) is 6.42. The Bertz CT molecular complexity index is 978. The predicted molar refractivity (Wildman–Crippen MR) is 114 cm³/mol. The highest BCUT2D eigenvalue weighted by molar-refractivity contribution is 6.31. The van der Waals surface area contributed by atoms with E-state index in [2.05, 4.69) is 10.6 Å². The number of benzene rings is 3. The minimum absolute atomic E-state index is 0.320. The summed E-state index contributed by atoms with van der Waals surface area (Å²) in [4.78, 5) is 25.7. The van der Waals surface area contributed by atoms with Crippen LogP contribution < -0.4 is 15.4 Å². The van der Waals surface area contributed by atoms with E-state index in [4.69, 9.17) is 16.3 Å². The highest BCUT2D eigenvalue weighted by Gasteiger charge is 2.23. The van der Waals surface area contributed by atoms with Gasteiger partial charge in [0.2, 0.25) is 5.91 Å². The summed E-state index contributed by atoms with van der Waals surface area (Å²) >= 11 is 6.05. The van der Waals surface area contributed by atoms with E-state index in [-0.39, 0.29) is 11.8 Å². The molecule has 0 radical (unpaired) electrons. The molecule has 148 valence electrons. The number of nitrogens with one attached hydrogen (secondary N) is 2. The van der Waals surface area contributed by atoms with Crippen molar-refractivity contribution in [2.24, 2.45) is 0 Å². The first-order valence-corrected chi connectivity index (χ1v) is 9.49. The molecule has 0 fully saturated rings. The zero-order valence-corrected chi connectivity index (χ0v) is 16.6. The molecule has 3 aromatic carbocycles. The molecule has 2 N–H and O–H groups in total. The van der Waals surface area contributed by atoms with Crippen LogP contribution in [0.25, 0.3) is 0 Å². The summed E-state index contributed by atoms with van der Waals surface area (Å²) in [6.45, 7) is 0. The van der Waals surface area contributed by atoms with Gasteiger partial charge in [-0.15, -0.1) is 0 Å². The number of halogens is 1. The van der Waals surface area contributed by atoms with E-state index in [9.17, 15) is 9.59 Å². The van der Waals surface area contributed by atoms with Gasteiger partial charge in [-0.2, -0.15) is 0 Å². The monoisotopic (exact) mass is 408 g/mol. The van der Waals surface area contributed by atoms with Crippen LogP contribution >= 0.6 is 11.6 Å². The number of amides is 2. The van der Waals surface area contributed by atoms with Crippen molar-refractivity contribution in [2.75, 3.05) is 12.4 Å². The summed E-state index contributed by atoms with van der Waals surface area (Å²) in [6, 6.07) is 22.5. The molecule has 0 bridgehead atoms. The second-order valence-corrected chi connectivity index (χ2v) is 6.85. The van der Waals surface area contributed by atoms with Crippen LogP contribution in [0.5, 0.6) is 5.75 Å². The average Bonchev–Trinajstić information content (AvgIpc) is 2.74. The van der Waals surface area contributed by atoms with Gasteiger partial charge in [-0.05, 0) is 35.9 Å². The van der Waals surface area contributed by atoms with Gasteiger partial charge in [0.1, 0.15) is 11.8 Å². The minimum Gasteiger partial charge on any atom is -0.495 e. The Labute approximate surface area is 174 Å². The third-order valence-electron chi connectivity index (χ3n) is 4.36. The summed E-state index contributed by atoms with van der Waals surface area (Å²) in [6.07, 6.45) is 0.341. The maximum absolute atomic E-state index is 13.0. The fraction of sp³-hybridized carbons (Fsp3) is 0.130. The van der Waals surface area contributed by atoms with Crippen molar-refractivity contribution < 1.29 is 14.3 Å². The zero-order chi connectivity index (χ0) is 20.6. The van der Waals surface area contributed by atoms with Crippen LogP contribution in [0.2, 0.25) is 5.02 Å². The van der Waals surface area contributed by atoms with E-state index < -0.39 is 6.04 Å². The van der Waals surface area contributed by atoms with Crippen molar-refractivity contribution in [3.63, 3.8) is 0 Å². The molecular weight excluding hydrogens is 388 g/mol. The molecule has 0 aliphatic carbocycles. The Morgan fingerprint density at radius 2 is 1.62 bits per heavy atom. The normalized spacial score (nSPS) is 11.4. The lowest BCUT2D eigenvalue weighted by Crippen LogP contribution is -2.45. The number of carbonyl (C=O) groups excluding carboxylic acids is 2. The Morgan fingerprint density at radius 3 is 2.28 bits per heavy atom. The lowest BCUT2D eigenvalue weighted by Gasteiger charge is -2.20. The number of rotatable bonds is 7. The molecule has 6 heteroatoms. The SMILES string of the molecule is COc1ccc(Cl)cc1NC(=O)[C@H](Cc1ccccc1)NC(=O)c1ccccc1. The maximum Gasteiger partial charge on any atom is 0.251 e.